The van der Waals surface area contributed by atoms with Gasteiger partial charge in [0.25, 0.3) is 0 Å². The Hall–Kier alpha value is -2.49. The van der Waals surface area contributed by atoms with Gasteiger partial charge in [-0.05, 0) is 30.3 Å². The molecule has 4 heteroatoms. The molecule has 0 radical (unpaired) electrons. The average molecular weight is 239 g/mol. The molecule has 0 saturated carbocycles. The number of halogens is 1. The highest BCUT2D eigenvalue weighted by atomic mass is 19.1. The topological polar surface area (TPSA) is 37.8 Å². The SMILES string of the molecule is Fc1ccc(Nc2ncc3ccccc3n2)cc1. The minimum Gasteiger partial charge on any atom is -0.324 e. The highest BCUT2D eigenvalue weighted by Crippen LogP contribution is 2.16. The zero-order valence-corrected chi connectivity index (χ0v) is 9.47. The number of nitrogens with one attached hydrogen (secondary N) is 1. The Morgan fingerprint density at radius 1 is 0.944 bits per heavy atom. The zero-order valence-electron chi connectivity index (χ0n) is 9.47. The van der Waals surface area contributed by atoms with Gasteiger partial charge in [-0.2, -0.15) is 0 Å². The molecular formula is C14H10FN3. The van der Waals surface area contributed by atoms with Crippen molar-refractivity contribution >= 4 is 22.5 Å². The second-order valence-corrected chi connectivity index (χ2v) is 3.88. The molecule has 0 unspecified atom stereocenters. The lowest BCUT2D eigenvalue weighted by Gasteiger charge is -2.05. The van der Waals surface area contributed by atoms with Crippen molar-refractivity contribution in [2.24, 2.45) is 0 Å². The van der Waals surface area contributed by atoms with Crippen molar-refractivity contribution in [2.45, 2.75) is 0 Å². The van der Waals surface area contributed by atoms with Crippen molar-refractivity contribution in [2.75, 3.05) is 5.32 Å². The molecule has 0 bridgehead atoms. The molecule has 0 spiro atoms. The average Bonchev–Trinajstić information content (AvgIpc) is 2.41. The Morgan fingerprint density at radius 3 is 2.56 bits per heavy atom. The third-order valence-corrected chi connectivity index (χ3v) is 2.59. The second kappa shape index (κ2) is 4.41. The summed E-state index contributed by atoms with van der Waals surface area (Å²) in [7, 11) is 0. The van der Waals surface area contributed by atoms with Gasteiger partial charge >= 0.3 is 0 Å². The number of nitrogens with zero attached hydrogens (tertiary/aromatic N) is 2. The van der Waals surface area contributed by atoms with Gasteiger partial charge in [0.15, 0.2) is 0 Å². The quantitative estimate of drug-likeness (QED) is 0.743. The highest BCUT2D eigenvalue weighted by Gasteiger charge is 2.00. The molecule has 3 rings (SSSR count). The molecule has 88 valence electrons. The molecular weight excluding hydrogens is 229 g/mol. The van der Waals surface area contributed by atoms with Crippen LogP contribution >= 0.6 is 0 Å². The van der Waals surface area contributed by atoms with Crippen LogP contribution in [-0.2, 0) is 0 Å². The van der Waals surface area contributed by atoms with Crippen LogP contribution in [0.5, 0.6) is 0 Å². The normalized spacial score (nSPS) is 10.5. The molecule has 2 aromatic carbocycles. The van der Waals surface area contributed by atoms with E-state index in [0.717, 1.165) is 16.6 Å². The summed E-state index contributed by atoms with van der Waals surface area (Å²) < 4.78 is 12.8. The van der Waals surface area contributed by atoms with E-state index in [9.17, 15) is 4.39 Å². The fourth-order valence-electron chi connectivity index (χ4n) is 1.69. The molecule has 1 N–H and O–H groups in total. The first kappa shape index (κ1) is 10.7. The van der Waals surface area contributed by atoms with Gasteiger partial charge in [0.1, 0.15) is 5.82 Å². The van der Waals surface area contributed by atoms with Crippen molar-refractivity contribution in [3.63, 3.8) is 0 Å². The van der Waals surface area contributed by atoms with E-state index in [4.69, 9.17) is 0 Å². The van der Waals surface area contributed by atoms with E-state index in [2.05, 4.69) is 15.3 Å². The van der Waals surface area contributed by atoms with Crippen molar-refractivity contribution in [1.82, 2.24) is 9.97 Å². The maximum Gasteiger partial charge on any atom is 0.227 e. The largest absolute Gasteiger partial charge is 0.324 e. The summed E-state index contributed by atoms with van der Waals surface area (Å²) in [5.41, 5.74) is 1.63. The molecule has 0 saturated heterocycles. The predicted octanol–water partition coefficient (Wildman–Crippen LogP) is 3.51. The lowest BCUT2D eigenvalue weighted by molar-refractivity contribution is 0.628. The lowest BCUT2D eigenvalue weighted by Crippen LogP contribution is -1.96. The smallest absolute Gasteiger partial charge is 0.227 e. The summed E-state index contributed by atoms with van der Waals surface area (Å²) in [6, 6.07) is 13.8. The summed E-state index contributed by atoms with van der Waals surface area (Å²) >= 11 is 0. The molecule has 18 heavy (non-hydrogen) atoms. The number of benzene rings is 2. The fourth-order valence-corrected chi connectivity index (χ4v) is 1.69. The van der Waals surface area contributed by atoms with Gasteiger partial charge in [-0.3, -0.25) is 0 Å². The molecule has 0 atom stereocenters. The summed E-state index contributed by atoms with van der Waals surface area (Å²) in [5.74, 6) is 0.236. The van der Waals surface area contributed by atoms with E-state index in [1.807, 2.05) is 24.3 Å². The van der Waals surface area contributed by atoms with Crippen LogP contribution in [0.15, 0.2) is 54.7 Å². The maximum atomic E-state index is 12.8. The minimum atomic E-state index is -0.264. The molecule has 1 aromatic heterocycles. The first-order valence-electron chi connectivity index (χ1n) is 5.56. The Bertz CT molecular complexity index is 680. The third-order valence-electron chi connectivity index (χ3n) is 2.59. The number of rotatable bonds is 2. The predicted molar refractivity (Wildman–Crippen MR) is 69.2 cm³/mol. The van der Waals surface area contributed by atoms with Gasteiger partial charge < -0.3 is 5.32 Å². The van der Waals surface area contributed by atoms with Gasteiger partial charge in [-0.15, -0.1) is 0 Å². The van der Waals surface area contributed by atoms with E-state index in [-0.39, 0.29) is 5.82 Å². The molecule has 0 fully saturated rings. The first-order valence-corrected chi connectivity index (χ1v) is 5.56. The monoisotopic (exact) mass is 239 g/mol. The molecule has 0 aliphatic rings. The van der Waals surface area contributed by atoms with Gasteiger partial charge in [0.2, 0.25) is 5.95 Å². The van der Waals surface area contributed by atoms with Crippen molar-refractivity contribution < 1.29 is 4.39 Å². The molecule has 0 amide bonds. The molecule has 0 aliphatic heterocycles. The second-order valence-electron chi connectivity index (χ2n) is 3.88. The van der Waals surface area contributed by atoms with Crippen LogP contribution in [-0.4, -0.2) is 9.97 Å². The van der Waals surface area contributed by atoms with E-state index in [1.54, 1.807) is 18.3 Å². The minimum absolute atomic E-state index is 0.264. The Morgan fingerprint density at radius 2 is 1.72 bits per heavy atom. The maximum absolute atomic E-state index is 12.8. The van der Waals surface area contributed by atoms with Gasteiger partial charge in [-0.1, -0.05) is 18.2 Å². The summed E-state index contributed by atoms with van der Waals surface area (Å²) in [4.78, 5) is 8.59. The number of para-hydroxylation sites is 1. The van der Waals surface area contributed by atoms with Crippen LogP contribution in [0.4, 0.5) is 16.0 Å². The standard InChI is InChI=1S/C14H10FN3/c15-11-5-7-12(8-6-11)17-14-16-9-10-3-1-2-4-13(10)18-14/h1-9H,(H,16,17,18). The van der Waals surface area contributed by atoms with Gasteiger partial charge in [0.05, 0.1) is 5.52 Å². The number of aromatic nitrogens is 2. The van der Waals surface area contributed by atoms with Crippen LogP contribution in [0, 0.1) is 5.82 Å². The van der Waals surface area contributed by atoms with Crippen LogP contribution in [0.1, 0.15) is 0 Å². The number of anilines is 2. The van der Waals surface area contributed by atoms with Crippen LogP contribution < -0.4 is 5.32 Å². The summed E-state index contributed by atoms with van der Waals surface area (Å²) in [5, 5.41) is 4.02. The van der Waals surface area contributed by atoms with Gasteiger partial charge in [0, 0.05) is 17.3 Å². The van der Waals surface area contributed by atoms with E-state index in [1.165, 1.54) is 12.1 Å². The van der Waals surface area contributed by atoms with Gasteiger partial charge in [-0.25, -0.2) is 14.4 Å². The highest BCUT2D eigenvalue weighted by molar-refractivity contribution is 5.78. The van der Waals surface area contributed by atoms with Crippen LogP contribution in [0.25, 0.3) is 10.9 Å². The number of hydrogen-bond donors (Lipinski definition) is 1. The van der Waals surface area contributed by atoms with Crippen molar-refractivity contribution in [1.29, 1.82) is 0 Å². The van der Waals surface area contributed by atoms with Crippen LogP contribution in [0.3, 0.4) is 0 Å². The molecule has 3 aromatic rings. The van der Waals surface area contributed by atoms with Crippen LogP contribution in [0.2, 0.25) is 0 Å². The summed E-state index contributed by atoms with van der Waals surface area (Å²) in [6.45, 7) is 0. The zero-order chi connectivity index (χ0) is 12.4. The fraction of sp³-hybridized carbons (Fsp3) is 0. The Labute approximate surface area is 103 Å². The molecule has 0 aliphatic carbocycles. The van der Waals surface area contributed by atoms with E-state index >= 15 is 0 Å². The first-order chi connectivity index (χ1) is 8.81. The number of fused-ring (bicyclic) bond motifs is 1. The Kier molecular flexibility index (Phi) is 2.61. The Balaban J connectivity index is 1.92. The molecule has 1 heterocycles. The molecule has 3 nitrogen and oxygen atoms in total. The lowest BCUT2D eigenvalue weighted by atomic mass is 10.2. The van der Waals surface area contributed by atoms with Crippen molar-refractivity contribution in [3.05, 3.63) is 60.5 Å². The number of hydrogen-bond acceptors (Lipinski definition) is 3. The summed E-state index contributed by atoms with van der Waals surface area (Å²) in [6.07, 6.45) is 1.76. The van der Waals surface area contributed by atoms with E-state index < -0.39 is 0 Å². The van der Waals surface area contributed by atoms with Crippen molar-refractivity contribution in [3.8, 4) is 0 Å². The third kappa shape index (κ3) is 2.13. The van der Waals surface area contributed by atoms with E-state index in [0.29, 0.717) is 5.95 Å².